The normalized spacial score (nSPS) is 29.7. The lowest BCUT2D eigenvalue weighted by Gasteiger charge is -2.22. The van der Waals surface area contributed by atoms with E-state index in [2.05, 4.69) is 27.7 Å². The van der Waals surface area contributed by atoms with Gasteiger partial charge in [0.2, 0.25) is 0 Å². The fraction of sp³-hybridized carbons (Fsp3) is 0.941. The van der Waals surface area contributed by atoms with Gasteiger partial charge in [-0.3, -0.25) is 4.99 Å². The predicted molar refractivity (Wildman–Crippen MR) is 82.4 cm³/mol. The first-order valence-electron chi connectivity index (χ1n) is 8.16. The van der Waals surface area contributed by atoms with Crippen molar-refractivity contribution in [3.63, 3.8) is 0 Å². The Bertz CT molecular complexity index is 242. The number of rotatable bonds is 3. The minimum Gasteiger partial charge on any atom is -0.294 e. The van der Waals surface area contributed by atoms with E-state index in [1.54, 1.807) is 5.71 Å². The molecule has 0 radical (unpaired) electrons. The van der Waals surface area contributed by atoms with E-state index in [-0.39, 0.29) is 0 Å². The van der Waals surface area contributed by atoms with Gasteiger partial charge in [-0.1, -0.05) is 53.4 Å². The van der Waals surface area contributed by atoms with Crippen LogP contribution in [0.3, 0.4) is 0 Å². The van der Waals surface area contributed by atoms with E-state index in [0.717, 1.165) is 18.4 Å². The van der Waals surface area contributed by atoms with E-state index in [0.29, 0.717) is 5.92 Å². The summed E-state index contributed by atoms with van der Waals surface area (Å²) in [5.41, 5.74) is 1.54. The number of aliphatic imine (C=N–C) groups is 1. The summed E-state index contributed by atoms with van der Waals surface area (Å²) in [5, 5.41) is 0. The molecular weight excluding hydrogens is 218 g/mol. The van der Waals surface area contributed by atoms with Crippen molar-refractivity contribution in [3.05, 3.63) is 0 Å². The molecule has 0 spiro atoms. The van der Waals surface area contributed by atoms with Gasteiger partial charge in [-0.2, -0.15) is 0 Å². The van der Waals surface area contributed by atoms with Crippen molar-refractivity contribution < 1.29 is 0 Å². The molecule has 2 unspecified atom stereocenters. The predicted octanol–water partition coefficient (Wildman–Crippen LogP) is 5.49. The van der Waals surface area contributed by atoms with Crippen molar-refractivity contribution in [2.45, 2.75) is 79.1 Å². The van der Waals surface area contributed by atoms with Crippen LogP contribution in [0.5, 0.6) is 0 Å². The first-order valence-corrected chi connectivity index (χ1v) is 8.16. The Hall–Kier alpha value is -0.330. The molecule has 106 valence electrons. The Morgan fingerprint density at radius 3 is 2.44 bits per heavy atom. The second-order valence-corrected chi connectivity index (χ2v) is 6.61. The molecule has 0 bridgehead atoms. The molecule has 0 N–H and O–H groups in total. The lowest BCUT2D eigenvalue weighted by molar-refractivity contribution is 0.424. The summed E-state index contributed by atoms with van der Waals surface area (Å²) in [6.45, 7) is 10.3. The first kappa shape index (κ1) is 15.7. The molecule has 0 aromatic rings. The number of hydrogen-bond donors (Lipinski definition) is 0. The van der Waals surface area contributed by atoms with E-state index in [1.165, 1.54) is 51.4 Å². The van der Waals surface area contributed by atoms with Crippen LogP contribution in [0.15, 0.2) is 4.99 Å². The standard InChI is InChI=1S/C17H33N/c1-5-16-11-7-6-9-15(4)10-8-12-17(16)18-13-14(2)3/h14-16H,5-13H2,1-4H3. The molecule has 18 heavy (non-hydrogen) atoms. The van der Waals surface area contributed by atoms with E-state index < -0.39 is 0 Å². The van der Waals surface area contributed by atoms with Gasteiger partial charge in [-0.15, -0.1) is 0 Å². The van der Waals surface area contributed by atoms with E-state index in [4.69, 9.17) is 4.99 Å². The van der Waals surface area contributed by atoms with Crippen molar-refractivity contribution >= 4 is 5.71 Å². The van der Waals surface area contributed by atoms with Gasteiger partial charge in [-0.25, -0.2) is 0 Å². The summed E-state index contributed by atoms with van der Waals surface area (Å²) < 4.78 is 0. The highest BCUT2D eigenvalue weighted by Crippen LogP contribution is 2.25. The monoisotopic (exact) mass is 251 g/mol. The molecule has 0 aromatic carbocycles. The van der Waals surface area contributed by atoms with Crippen LogP contribution in [0.2, 0.25) is 0 Å². The van der Waals surface area contributed by atoms with Gasteiger partial charge in [-0.05, 0) is 43.4 Å². The van der Waals surface area contributed by atoms with Gasteiger partial charge in [0.15, 0.2) is 0 Å². The van der Waals surface area contributed by atoms with Crippen LogP contribution in [-0.2, 0) is 0 Å². The summed E-state index contributed by atoms with van der Waals surface area (Å²) >= 11 is 0. The Balaban J connectivity index is 2.62. The topological polar surface area (TPSA) is 12.4 Å². The molecule has 0 aromatic heterocycles. The van der Waals surface area contributed by atoms with Crippen LogP contribution in [0.1, 0.15) is 79.1 Å². The smallest absolute Gasteiger partial charge is 0.0411 e. The molecule has 0 aliphatic heterocycles. The number of hydrogen-bond acceptors (Lipinski definition) is 1. The minimum absolute atomic E-state index is 0.698. The summed E-state index contributed by atoms with van der Waals surface area (Å²) in [5.74, 6) is 2.40. The van der Waals surface area contributed by atoms with Crippen LogP contribution in [0.4, 0.5) is 0 Å². The first-order chi connectivity index (χ1) is 8.63. The molecule has 1 aliphatic rings. The average Bonchev–Trinajstić information content (AvgIpc) is 2.34. The summed E-state index contributed by atoms with van der Waals surface area (Å²) in [7, 11) is 0. The molecule has 0 amide bonds. The van der Waals surface area contributed by atoms with Crippen LogP contribution in [0, 0.1) is 17.8 Å². The zero-order chi connectivity index (χ0) is 13.4. The lowest BCUT2D eigenvalue weighted by atomic mass is 9.86. The van der Waals surface area contributed by atoms with Crippen LogP contribution in [-0.4, -0.2) is 12.3 Å². The average molecular weight is 251 g/mol. The molecule has 2 atom stereocenters. The molecule has 1 heteroatoms. The van der Waals surface area contributed by atoms with E-state index >= 15 is 0 Å². The van der Waals surface area contributed by atoms with Crippen molar-refractivity contribution in [1.82, 2.24) is 0 Å². The lowest BCUT2D eigenvalue weighted by Crippen LogP contribution is -2.17. The van der Waals surface area contributed by atoms with Gasteiger partial charge in [0.05, 0.1) is 0 Å². The Morgan fingerprint density at radius 1 is 1.11 bits per heavy atom. The van der Waals surface area contributed by atoms with E-state index in [9.17, 15) is 0 Å². The maximum absolute atomic E-state index is 4.95. The quantitative estimate of drug-likeness (QED) is 0.629. The zero-order valence-corrected chi connectivity index (χ0v) is 13.0. The minimum atomic E-state index is 0.698. The highest BCUT2D eigenvalue weighted by molar-refractivity contribution is 5.86. The van der Waals surface area contributed by atoms with Crippen molar-refractivity contribution in [2.24, 2.45) is 22.7 Å². The fourth-order valence-corrected chi connectivity index (χ4v) is 2.98. The van der Waals surface area contributed by atoms with Gasteiger partial charge in [0.25, 0.3) is 0 Å². The van der Waals surface area contributed by atoms with Crippen LogP contribution in [0.25, 0.3) is 0 Å². The number of nitrogens with zero attached hydrogens (tertiary/aromatic N) is 1. The molecule has 1 rings (SSSR count). The molecule has 0 saturated heterocycles. The maximum Gasteiger partial charge on any atom is 0.0411 e. The van der Waals surface area contributed by atoms with Crippen LogP contribution < -0.4 is 0 Å². The summed E-state index contributed by atoms with van der Waals surface area (Å²) in [6, 6.07) is 0. The molecule has 1 saturated carbocycles. The van der Waals surface area contributed by atoms with Crippen molar-refractivity contribution in [2.75, 3.05) is 6.54 Å². The molecule has 1 nitrogen and oxygen atoms in total. The molecule has 1 fully saturated rings. The summed E-state index contributed by atoms with van der Waals surface area (Å²) in [6.07, 6.45) is 10.9. The molecule has 0 heterocycles. The molecular formula is C17H33N. The van der Waals surface area contributed by atoms with Gasteiger partial charge >= 0.3 is 0 Å². The van der Waals surface area contributed by atoms with Gasteiger partial charge < -0.3 is 0 Å². The van der Waals surface area contributed by atoms with Crippen molar-refractivity contribution in [3.8, 4) is 0 Å². The SMILES string of the molecule is CCC1CCCCC(C)CCCC1=NCC(C)C. The third-order valence-electron chi connectivity index (χ3n) is 4.25. The zero-order valence-electron chi connectivity index (χ0n) is 13.0. The second-order valence-electron chi connectivity index (χ2n) is 6.61. The van der Waals surface area contributed by atoms with Gasteiger partial charge in [0.1, 0.15) is 0 Å². The van der Waals surface area contributed by atoms with Gasteiger partial charge in [0, 0.05) is 12.3 Å². The fourth-order valence-electron chi connectivity index (χ4n) is 2.98. The highest BCUT2D eigenvalue weighted by Gasteiger charge is 2.16. The highest BCUT2D eigenvalue weighted by atomic mass is 14.7. The Morgan fingerprint density at radius 2 is 1.78 bits per heavy atom. The largest absolute Gasteiger partial charge is 0.294 e. The van der Waals surface area contributed by atoms with Crippen LogP contribution >= 0.6 is 0 Å². The maximum atomic E-state index is 4.95. The third kappa shape index (κ3) is 6.02. The second kappa shape index (κ2) is 8.72. The molecule has 1 aliphatic carbocycles. The third-order valence-corrected chi connectivity index (χ3v) is 4.25. The Labute approximate surface area is 114 Å². The summed E-state index contributed by atoms with van der Waals surface area (Å²) in [4.78, 5) is 4.95. The Kier molecular flexibility index (Phi) is 7.62. The van der Waals surface area contributed by atoms with E-state index in [1.807, 2.05) is 0 Å². The van der Waals surface area contributed by atoms with Crippen molar-refractivity contribution in [1.29, 1.82) is 0 Å².